The summed E-state index contributed by atoms with van der Waals surface area (Å²) in [7, 11) is 0. The Morgan fingerprint density at radius 1 is 1.06 bits per heavy atom. The van der Waals surface area contributed by atoms with Crippen LogP contribution < -0.4 is 15.0 Å². The fourth-order valence-corrected chi connectivity index (χ4v) is 5.47. The molecule has 1 fully saturated rings. The highest BCUT2D eigenvalue weighted by molar-refractivity contribution is 6.14. The number of amides is 2. The third kappa shape index (κ3) is 3.95. The molecular weight excluding hydrogens is 426 g/mol. The van der Waals surface area contributed by atoms with E-state index >= 15 is 0 Å². The summed E-state index contributed by atoms with van der Waals surface area (Å²) >= 11 is 0. The molecule has 0 spiro atoms. The van der Waals surface area contributed by atoms with Gasteiger partial charge in [0.05, 0.1) is 13.2 Å². The number of carbonyl (C=O) groups excluding carboxylic acids is 2. The Kier molecular flexibility index (Phi) is 6.07. The van der Waals surface area contributed by atoms with Crippen LogP contribution in [0.25, 0.3) is 10.9 Å². The number of hydrogen-bond donors (Lipinski definition) is 1. The molecule has 0 unspecified atom stereocenters. The van der Waals surface area contributed by atoms with E-state index in [0.29, 0.717) is 24.5 Å². The molecule has 2 amide bonds. The van der Waals surface area contributed by atoms with Crippen molar-refractivity contribution in [3.63, 3.8) is 0 Å². The maximum Gasteiger partial charge on any atom is 0.275 e. The Labute approximate surface area is 200 Å². The van der Waals surface area contributed by atoms with Crippen LogP contribution in [0.3, 0.4) is 0 Å². The van der Waals surface area contributed by atoms with Crippen LogP contribution in [0, 0.1) is 0 Å². The number of aromatic nitrogens is 1. The minimum atomic E-state index is -1.06. The lowest BCUT2D eigenvalue weighted by Gasteiger charge is -2.44. The maximum atomic E-state index is 14.0. The number of anilines is 1. The fraction of sp³-hybridized carbons (Fsp3) is 0.429. The Morgan fingerprint density at radius 2 is 1.76 bits per heavy atom. The lowest BCUT2D eigenvalue weighted by Crippen LogP contribution is -2.65. The van der Waals surface area contributed by atoms with E-state index in [2.05, 4.69) is 5.32 Å². The van der Waals surface area contributed by atoms with Gasteiger partial charge in [0.15, 0.2) is 0 Å². The van der Waals surface area contributed by atoms with Crippen LogP contribution in [0.1, 0.15) is 62.9 Å². The highest BCUT2D eigenvalue weighted by atomic mass is 16.5. The molecule has 1 aliphatic heterocycles. The van der Waals surface area contributed by atoms with Crippen molar-refractivity contribution in [2.75, 3.05) is 11.5 Å². The standard InChI is InChI=1S/C28H33N3O3/c1-3-34-23-16-14-22(15-17-23)31-26(32)25-18-20-10-8-9-13-24(20)30(25)19-28(31,2)27(33)29-21-11-6-4-5-7-12-21/h8-10,13-18,21H,3-7,11-12,19H2,1-2H3,(H,29,33)/t28-/m1/s1. The zero-order valence-electron chi connectivity index (χ0n) is 20.0. The molecule has 3 aromatic rings. The summed E-state index contributed by atoms with van der Waals surface area (Å²) in [6.45, 7) is 4.80. The molecule has 1 aromatic heterocycles. The molecule has 0 saturated heterocycles. The minimum Gasteiger partial charge on any atom is -0.494 e. The van der Waals surface area contributed by atoms with Crippen molar-refractivity contribution in [1.82, 2.24) is 9.88 Å². The fourth-order valence-electron chi connectivity index (χ4n) is 5.47. The van der Waals surface area contributed by atoms with Crippen molar-refractivity contribution in [3.05, 3.63) is 60.3 Å². The lowest BCUT2D eigenvalue weighted by atomic mass is 9.92. The van der Waals surface area contributed by atoms with Crippen molar-refractivity contribution in [1.29, 1.82) is 0 Å². The molecular formula is C28H33N3O3. The number of nitrogens with zero attached hydrogens (tertiary/aromatic N) is 2. The molecule has 6 heteroatoms. The average molecular weight is 460 g/mol. The first-order valence-corrected chi connectivity index (χ1v) is 12.5. The SMILES string of the molecule is CCOc1ccc(N2C(=O)c3cc4ccccc4n3C[C@]2(C)C(=O)NC2CCCCCC2)cc1. The van der Waals surface area contributed by atoms with Gasteiger partial charge in [-0.3, -0.25) is 14.5 Å². The zero-order chi connectivity index (χ0) is 23.7. The monoisotopic (exact) mass is 459 g/mol. The van der Waals surface area contributed by atoms with E-state index in [-0.39, 0.29) is 17.9 Å². The van der Waals surface area contributed by atoms with Crippen LogP contribution in [-0.4, -0.2) is 34.6 Å². The molecule has 1 aliphatic carbocycles. The number of rotatable bonds is 5. The van der Waals surface area contributed by atoms with E-state index in [1.165, 1.54) is 12.8 Å². The van der Waals surface area contributed by atoms with Crippen molar-refractivity contribution < 1.29 is 14.3 Å². The molecule has 0 bridgehead atoms. The van der Waals surface area contributed by atoms with Gasteiger partial charge in [0.1, 0.15) is 17.0 Å². The third-order valence-electron chi connectivity index (χ3n) is 7.28. The number of hydrogen-bond acceptors (Lipinski definition) is 3. The van der Waals surface area contributed by atoms with Gasteiger partial charge in [0.2, 0.25) is 5.91 Å². The summed E-state index contributed by atoms with van der Waals surface area (Å²) in [4.78, 5) is 29.6. The average Bonchev–Trinajstić information content (AvgIpc) is 3.01. The van der Waals surface area contributed by atoms with Crippen LogP contribution in [0.2, 0.25) is 0 Å². The highest BCUT2D eigenvalue weighted by Crippen LogP contribution is 2.36. The van der Waals surface area contributed by atoms with E-state index in [0.717, 1.165) is 42.3 Å². The Hall–Kier alpha value is -3.28. The van der Waals surface area contributed by atoms with Crippen molar-refractivity contribution >= 4 is 28.4 Å². The molecule has 1 atom stereocenters. The van der Waals surface area contributed by atoms with Gasteiger partial charge in [-0.15, -0.1) is 0 Å². The topological polar surface area (TPSA) is 63.6 Å². The summed E-state index contributed by atoms with van der Waals surface area (Å²) in [5.41, 5.74) is 1.22. The zero-order valence-corrected chi connectivity index (χ0v) is 20.0. The molecule has 5 rings (SSSR count). The third-order valence-corrected chi connectivity index (χ3v) is 7.28. The second-order valence-corrected chi connectivity index (χ2v) is 9.68. The Morgan fingerprint density at radius 3 is 2.47 bits per heavy atom. The molecule has 2 aliphatic rings. The normalized spacial score (nSPS) is 21.2. The van der Waals surface area contributed by atoms with Gasteiger partial charge in [0, 0.05) is 22.6 Å². The molecule has 6 nitrogen and oxygen atoms in total. The second kappa shape index (κ2) is 9.16. The van der Waals surface area contributed by atoms with Crippen LogP contribution in [-0.2, 0) is 11.3 Å². The number of carbonyl (C=O) groups is 2. The first-order chi connectivity index (χ1) is 16.5. The Bertz CT molecular complexity index is 1190. The number of benzene rings is 2. The number of fused-ring (bicyclic) bond motifs is 3. The molecule has 34 heavy (non-hydrogen) atoms. The number of para-hydroxylation sites is 1. The van der Waals surface area contributed by atoms with Gasteiger partial charge < -0.3 is 14.6 Å². The van der Waals surface area contributed by atoms with Gasteiger partial charge in [-0.1, -0.05) is 43.9 Å². The van der Waals surface area contributed by atoms with Crippen LogP contribution in [0.15, 0.2) is 54.6 Å². The van der Waals surface area contributed by atoms with Crippen molar-refractivity contribution in [2.24, 2.45) is 0 Å². The molecule has 2 heterocycles. The van der Waals surface area contributed by atoms with Gasteiger partial charge in [-0.2, -0.15) is 0 Å². The molecule has 178 valence electrons. The van der Waals surface area contributed by atoms with Crippen LogP contribution >= 0.6 is 0 Å². The first-order valence-electron chi connectivity index (χ1n) is 12.5. The molecule has 0 radical (unpaired) electrons. The highest BCUT2D eigenvalue weighted by Gasteiger charge is 2.49. The predicted octanol–water partition coefficient (Wildman–Crippen LogP) is 5.30. The summed E-state index contributed by atoms with van der Waals surface area (Å²) in [6.07, 6.45) is 6.70. The van der Waals surface area contributed by atoms with E-state index in [4.69, 9.17) is 4.74 Å². The van der Waals surface area contributed by atoms with Crippen molar-refractivity contribution in [2.45, 2.75) is 70.5 Å². The summed E-state index contributed by atoms with van der Waals surface area (Å²) in [5, 5.41) is 4.33. The summed E-state index contributed by atoms with van der Waals surface area (Å²) < 4.78 is 7.61. The first kappa shape index (κ1) is 22.5. The lowest BCUT2D eigenvalue weighted by molar-refractivity contribution is -0.127. The predicted molar refractivity (Wildman–Crippen MR) is 134 cm³/mol. The maximum absolute atomic E-state index is 14.0. The molecule has 2 aromatic carbocycles. The van der Waals surface area contributed by atoms with E-state index in [9.17, 15) is 9.59 Å². The second-order valence-electron chi connectivity index (χ2n) is 9.68. The minimum absolute atomic E-state index is 0.0925. The van der Waals surface area contributed by atoms with Gasteiger partial charge in [-0.05, 0) is 63.1 Å². The molecule has 1 saturated carbocycles. The van der Waals surface area contributed by atoms with E-state index in [1.807, 2.05) is 73.0 Å². The Balaban J connectivity index is 1.56. The van der Waals surface area contributed by atoms with Crippen LogP contribution in [0.5, 0.6) is 5.75 Å². The number of ether oxygens (including phenoxy) is 1. The van der Waals surface area contributed by atoms with E-state index in [1.54, 1.807) is 4.90 Å². The van der Waals surface area contributed by atoms with Gasteiger partial charge in [0.25, 0.3) is 5.91 Å². The van der Waals surface area contributed by atoms with Crippen molar-refractivity contribution in [3.8, 4) is 5.75 Å². The van der Waals surface area contributed by atoms with E-state index < -0.39 is 5.54 Å². The molecule has 1 N–H and O–H groups in total. The van der Waals surface area contributed by atoms with Gasteiger partial charge >= 0.3 is 0 Å². The largest absolute Gasteiger partial charge is 0.494 e. The summed E-state index contributed by atoms with van der Waals surface area (Å²) in [6, 6.07) is 17.5. The summed E-state index contributed by atoms with van der Waals surface area (Å²) in [5.74, 6) is 0.490. The van der Waals surface area contributed by atoms with Gasteiger partial charge in [-0.25, -0.2) is 0 Å². The smallest absolute Gasteiger partial charge is 0.275 e. The quantitative estimate of drug-likeness (QED) is 0.527. The number of nitrogens with one attached hydrogen (secondary N) is 1. The van der Waals surface area contributed by atoms with Crippen LogP contribution in [0.4, 0.5) is 5.69 Å².